The van der Waals surface area contributed by atoms with E-state index in [1.807, 2.05) is 42.5 Å². The highest BCUT2D eigenvalue weighted by Gasteiger charge is 1.98. The molecule has 0 fully saturated rings. The summed E-state index contributed by atoms with van der Waals surface area (Å²) in [5.41, 5.74) is 2.33. The van der Waals surface area contributed by atoms with Gasteiger partial charge < -0.3 is 10.6 Å². The molecule has 0 aromatic carbocycles. The summed E-state index contributed by atoms with van der Waals surface area (Å²) in [6.07, 6.45) is 6.72. The molecule has 18 heavy (non-hydrogen) atoms. The van der Waals surface area contributed by atoms with E-state index >= 15 is 0 Å². The zero-order chi connectivity index (χ0) is 12.8. The molecule has 0 aliphatic heterocycles. The minimum Gasteiger partial charge on any atom is -0.385 e. The van der Waals surface area contributed by atoms with Gasteiger partial charge in [-0.2, -0.15) is 5.10 Å². The highest BCUT2D eigenvalue weighted by atomic mass is 15.2. The van der Waals surface area contributed by atoms with Crippen LogP contribution in [0.3, 0.4) is 0 Å². The SMILES string of the molecule is CCNc1cc(NCCc2cnn(C)c2)ccn1. The second kappa shape index (κ2) is 6.05. The fourth-order valence-corrected chi connectivity index (χ4v) is 1.77. The molecule has 5 heteroatoms. The van der Waals surface area contributed by atoms with Gasteiger partial charge in [-0.05, 0) is 25.0 Å². The van der Waals surface area contributed by atoms with Crippen LogP contribution in [-0.4, -0.2) is 27.9 Å². The zero-order valence-corrected chi connectivity index (χ0v) is 10.8. The quantitative estimate of drug-likeness (QED) is 0.816. The first-order valence-corrected chi connectivity index (χ1v) is 6.19. The summed E-state index contributed by atoms with van der Waals surface area (Å²) in [5.74, 6) is 0.906. The molecule has 2 rings (SSSR count). The normalized spacial score (nSPS) is 10.3. The van der Waals surface area contributed by atoms with E-state index in [0.717, 1.165) is 31.0 Å². The minimum atomic E-state index is 0.881. The zero-order valence-electron chi connectivity index (χ0n) is 10.8. The van der Waals surface area contributed by atoms with Gasteiger partial charge in [-0.25, -0.2) is 4.98 Å². The van der Waals surface area contributed by atoms with Crippen LogP contribution in [0.4, 0.5) is 11.5 Å². The van der Waals surface area contributed by atoms with Crippen LogP contribution in [0.15, 0.2) is 30.7 Å². The van der Waals surface area contributed by atoms with Crippen LogP contribution in [-0.2, 0) is 13.5 Å². The molecule has 0 radical (unpaired) electrons. The lowest BCUT2D eigenvalue weighted by molar-refractivity contribution is 0.767. The lowest BCUT2D eigenvalue weighted by Gasteiger charge is -2.07. The van der Waals surface area contributed by atoms with Crippen LogP contribution in [0.1, 0.15) is 12.5 Å². The van der Waals surface area contributed by atoms with Gasteiger partial charge in [0.25, 0.3) is 0 Å². The van der Waals surface area contributed by atoms with E-state index in [-0.39, 0.29) is 0 Å². The van der Waals surface area contributed by atoms with Gasteiger partial charge in [-0.3, -0.25) is 4.68 Å². The lowest BCUT2D eigenvalue weighted by Crippen LogP contribution is -2.06. The Morgan fingerprint density at radius 3 is 2.94 bits per heavy atom. The summed E-state index contributed by atoms with van der Waals surface area (Å²) in [5, 5.41) is 10.7. The van der Waals surface area contributed by atoms with Crippen LogP contribution >= 0.6 is 0 Å². The summed E-state index contributed by atoms with van der Waals surface area (Å²) in [4.78, 5) is 4.23. The molecule has 0 spiro atoms. The molecular formula is C13H19N5. The van der Waals surface area contributed by atoms with Crippen molar-refractivity contribution in [3.63, 3.8) is 0 Å². The first-order valence-electron chi connectivity index (χ1n) is 6.19. The number of aryl methyl sites for hydroxylation is 1. The van der Waals surface area contributed by atoms with Gasteiger partial charge in [0.1, 0.15) is 5.82 Å². The molecular weight excluding hydrogens is 226 g/mol. The lowest BCUT2D eigenvalue weighted by atomic mass is 10.2. The van der Waals surface area contributed by atoms with E-state index in [1.54, 1.807) is 0 Å². The van der Waals surface area contributed by atoms with Crippen molar-refractivity contribution >= 4 is 11.5 Å². The highest BCUT2D eigenvalue weighted by molar-refractivity contribution is 5.51. The Morgan fingerprint density at radius 1 is 1.33 bits per heavy atom. The van der Waals surface area contributed by atoms with Crippen LogP contribution in [0.5, 0.6) is 0 Å². The predicted octanol–water partition coefficient (Wildman–Crippen LogP) is 1.90. The van der Waals surface area contributed by atoms with Gasteiger partial charge in [0.05, 0.1) is 6.20 Å². The molecule has 0 saturated heterocycles. The van der Waals surface area contributed by atoms with Gasteiger partial charge in [0.2, 0.25) is 0 Å². The van der Waals surface area contributed by atoms with E-state index in [2.05, 4.69) is 27.6 Å². The Morgan fingerprint density at radius 2 is 2.22 bits per heavy atom. The standard InChI is InChI=1S/C13H19N5/c1-3-14-13-8-12(5-7-16-13)15-6-4-11-9-17-18(2)10-11/h5,7-10H,3-4,6H2,1-2H3,(H2,14,15,16). The number of hydrogen-bond donors (Lipinski definition) is 2. The van der Waals surface area contributed by atoms with Crippen molar-refractivity contribution in [1.29, 1.82) is 0 Å². The van der Waals surface area contributed by atoms with Crippen molar-refractivity contribution in [2.75, 3.05) is 23.7 Å². The Bertz CT molecular complexity index is 492. The molecule has 2 aromatic rings. The smallest absolute Gasteiger partial charge is 0.127 e. The summed E-state index contributed by atoms with van der Waals surface area (Å²) in [7, 11) is 1.93. The predicted molar refractivity (Wildman–Crippen MR) is 73.8 cm³/mol. The first kappa shape index (κ1) is 12.4. The largest absolute Gasteiger partial charge is 0.385 e. The molecule has 0 amide bonds. The number of rotatable bonds is 6. The molecule has 0 unspecified atom stereocenters. The summed E-state index contributed by atoms with van der Waals surface area (Å²) in [6, 6.07) is 4.00. The van der Waals surface area contributed by atoms with Gasteiger partial charge in [-0.15, -0.1) is 0 Å². The van der Waals surface area contributed by atoms with Gasteiger partial charge >= 0.3 is 0 Å². The average Bonchev–Trinajstić information content (AvgIpc) is 2.76. The number of pyridine rings is 1. The number of nitrogens with zero attached hydrogens (tertiary/aromatic N) is 3. The minimum absolute atomic E-state index is 0.881. The van der Waals surface area contributed by atoms with Crippen LogP contribution < -0.4 is 10.6 Å². The monoisotopic (exact) mass is 245 g/mol. The van der Waals surface area contributed by atoms with Gasteiger partial charge in [-0.1, -0.05) is 0 Å². The van der Waals surface area contributed by atoms with Gasteiger partial charge in [0, 0.05) is 44.3 Å². The Kier molecular flexibility index (Phi) is 4.17. The van der Waals surface area contributed by atoms with Crippen molar-refractivity contribution in [3.05, 3.63) is 36.3 Å². The van der Waals surface area contributed by atoms with Crippen molar-refractivity contribution in [3.8, 4) is 0 Å². The van der Waals surface area contributed by atoms with Gasteiger partial charge in [0.15, 0.2) is 0 Å². The Hall–Kier alpha value is -2.04. The third-order valence-corrected chi connectivity index (χ3v) is 2.62. The van der Waals surface area contributed by atoms with E-state index in [9.17, 15) is 0 Å². The van der Waals surface area contributed by atoms with Crippen LogP contribution in [0, 0.1) is 0 Å². The van der Waals surface area contributed by atoms with Crippen molar-refractivity contribution < 1.29 is 0 Å². The first-order chi connectivity index (χ1) is 8.78. The van der Waals surface area contributed by atoms with E-state index in [4.69, 9.17) is 0 Å². The third kappa shape index (κ3) is 3.48. The number of hydrogen-bond acceptors (Lipinski definition) is 4. The molecule has 5 nitrogen and oxygen atoms in total. The molecule has 0 aliphatic rings. The summed E-state index contributed by atoms with van der Waals surface area (Å²) in [6.45, 7) is 3.83. The molecule has 0 aliphatic carbocycles. The molecule has 0 saturated carbocycles. The maximum atomic E-state index is 4.23. The van der Waals surface area contributed by atoms with E-state index in [1.165, 1.54) is 5.56 Å². The molecule has 2 heterocycles. The fourth-order valence-electron chi connectivity index (χ4n) is 1.77. The molecule has 0 atom stereocenters. The number of aromatic nitrogens is 3. The van der Waals surface area contributed by atoms with E-state index in [0.29, 0.717) is 0 Å². The molecule has 2 N–H and O–H groups in total. The molecule has 2 aromatic heterocycles. The van der Waals surface area contributed by atoms with Crippen molar-refractivity contribution in [2.45, 2.75) is 13.3 Å². The van der Waals surface area contributed by atoms with E-state index < -0.39 is 0 Å². The number of anilines is 2. The Labute approximate surface area is 107 Å². The Balaban J connectivity index is 1.84. The third-order valence-electron chi connectivity index (χ3n) is 2.62. The van der Waals surface area contributed by atoms with Crippen LogP contribution in [0.25, 0.3) is 0 Å². The molecule has 0 bridgehead atoms. The topological polar surface area (TPSA) is 54.8 Å². The highest BCUT2D eigenvalue weighted by Crippen LogP contribution is 2.11. The second-order valence-corrected chi connectivity index (χ2v) is 4.16. The fraction of sp³-hybridized carbons (Fsp3) is 0.385. The van der Waals surface area contributed by atoms with Crippen LogP contribution in [0.2, 0.25) is 0 Å². The molecule has 96 valence electrons. The average molecular weight is 245 g/mol. The maximum absolute atomic E-state index is 4.23. The summed E-state index contributed by atoms with van der Waals surface area (Å²) >= 11 is 0. The summed E-state index contributed by atoms with van der Waals surface area (Å²) < 4.78 is 1.82. The maximum Gasteiger partial charge on any atom is 0.127 e. The number of nitrogens with one attached hydrogen (secondary N) is 2. The van der Waals surface area contributed by atoms with Crippen molar-refractivity contribution in [1.82, 2.24) is 14.8 Å². The second-order valence-electron chi connectivity index (χ2n) is 4.16. The van der Waals surface area contributed by atoms with Crippen molar-refractivity contribution in [2.24, 2.45) is 7.05 Å².